The number of ether oxygens (including phenoxy) is 4. The van der Waals surface area contributed by atoms with Crippen molar-refractivity contribution in [3.05, 3.63) is 59.7 Å². The van der Waals surface area contributed by atoms with Crippen LogP contribution in [-0.2, 0) is 9.47 Å². The fraction of sp³-hybridized carbons (Fsp3) is 0.333. The van der Waals surface area contributed by atoms with E-state index in [4.69, 9.17) is 18.9 Å². The largest absolute Gasteiger partial charge is 0.496 e. The lowest BCUT2D eigenvalue weighted by Crippen LogP contribution is -2.16. The van der Waals surface area contributed by atoms with Gasteiger partial charge in [-0.3, -0.25) is 4.79 Å². The number of esters is 1. The van der Waals surface area contributed by atoms with Gasteiger partial charge in [-0.25, -0.2) is 4.79 Å². The predicted octanol–water partition coefficient (Wildman–Crippen LogP) is 3.29. The number of carbonyl (C=O) groups is 2. The second-order valence-corrected chi connectivity index (χ2v) is 6.17. The zero-order valence-electron chi connectivity index (χ0n) is 15.2. The number of hydrogen-bond donors (Lipinski definition) is 0. The van der Waals surface area contributed by atoms with Crippen molar-refractivity contribution in [2.75, 3.05) is 26.9 Å². The third kappa shape index (κ3) is 5.08. The molecule has 0 saturated carbocycles. The molecule has 6 heteroatoms. The topological polar surface area (TPSA) is 71.1 Å². The number of para-hydroxylation sites is 1. The minimum Gasteiger partial charge on any atom is -0.496 e. The normalized spacial score (nSPS) is 16.0. The smallest absolute Gasteiger partial charge is 0.338 e. The zero-order chi connectivity index (χ0) is 19.1. The minimum absolute atomic E-state index is 0.135. The molecule has 1 aliphatic heterocycles. The van der Waals surface area contributed by atoms with Gasteiger partial charge in [0.15, 0.2) is 6.61 Å². The monoisotopic (exact) mass is 370 g/mol. The predicted molar refractivity (Wildman–Crippen MR) is 98.5 cm³/mol. The molecular formula is C21H22O6. The van der Waals surface area contributed by atoms with Crippen LogP contribution in [0.5, 0.6) is 11.5 Å². The van der Waals surface area contributed by atoms with Gasteiger partial charge in [0.25, 0.3) is 0 Å². The molecule has 0 aliphatic carbocycles. The molecule has 0 radical (unpaired) electrons. The second kappa shape index (κ2) is 9.19. The van der Waals surface area contributed by atoms with Crippen LogP contribution in [0, 0.1) is 0 Å². The number of methoxy groups -OCH3 is 1. The van der Waals surface area contributed by atoms with Crippen LogP contribution in [0.25, 0.3) is 0 Å². The maximum atomic E-state index is 12.2. The van der Waals surface area contributed by atoms with Gasteiger partial charge in [-0.1, -0.05) is 12.1 Å². The Bertz CT molecular complexity index is 778. The summed E-state index contributed by atoms with van der Waals surface area (Å²) in [5, 5.41) is 0. The van der Waals surface area contributed by atoms with E-state index in [-0.39, 0.29) is 18.5 Å². The first kappa shape index (κ1) is 18.9. The van der Waals surface area contributed by atoms with Crippen molar-refractivity contribution in [1.82, 2.24) is 0 Å². The maximum absolute atomic E-state index is 12.2. The molecule has 1 heterocycles. The first-order chi connectivity index (χ1) is 13.2. The number of Topliss-reactive ketones (excluding diaryl/α,β-unsaturated/α-hetero) is 1. The molecule has 3 rings (SSSR count). The molecule has 0 N–H and O–H groups in total. The van der Waals surface area contributed by atoms with Crippen LogP contribution in [0.2, 0.25) is 0 Å². The van der Waals surface area contributed by atoms with Crippen molar-refractivity contribution in [3.8, 4) is 11.5 Å². The second-order valence-electron chi connectivity index (χ2n) is 6.17. The maximum Gasteiger partial charge on any atom is 0.338 e. The average molecular weight is 370 g/mol. The highest BCUT2D eigenvalue weighted by molar-refractivity contribution is 6.01. The molecule has 2 aromatic carbocycles. The lowest BCUT2D eigenvalue weighted by Gasteiger charge is -2.11. The van der Waals surface area contributed by atoms with E-state index in [1.807, 2.05) is 0 Å². The van der Waals surface area contributed by atoms with Crippen LogP contribution in [0.3, 0.4) is 0 Å². The van der Waals surface area contributed by atoms with Crippen LogP contribution in [0.15, 0.2) is 48.5 Å². The van der Waals surface area contributed by atoms with Crippen molar-refractivity contribution in [3.63, 3.8) is 0 Å². The molecule has 2 aromatic rings. The Hall–Kier alpha value is -2.86. The Morgan fingerprint density at radius 2 is 1.89 bits per heavy atom. The van der Waals surface area contributed by atoms with Gasteiger partial charge in [0.05, 0.1) is 24.3 Å². The fourth-order valence-electron chi connectivity index (χ4n) is 2.82. The van der Waals surface area contributed by atoms with E-state index in [1.54, 1.807) is 48.5 Å². The van der Waals surface area contributed by atoms with Gasteiger partial charge in [-0.05, 0) is 49.2 Å². The lowest BCUT2D eigenvalue weighted by atomic mass is 10.1. The van der Waals surface area contributed by atoms with E-state index < -0.39 is 5.97 Å². The summed E-state index contributed by atoms with van der Waals surface area (Å²) in [6.45, 7) is 0.931. The van der Waals surface area contributed by atoms with Gasteiger partial charge < -0.3 is 18.9 Å². The van der Waals surface area contributed by atoms with Crippen LogP contribution >= 0.6 is 0 Å². The number of ketones is 1. The molecule has 0 amide bonds. The standard InChI is InChI=1S/C21H22O6/c1-24-20-7-3-2-6-18(20)19(22)14-27-21(23)15-8-10-16(11-9-15)26-13-17-5-4-12-25-17/h2-3,6-11,17H,4-5,12-14H2,1H3/t17-/m0/s1. The Kier molecular flexibility index (Phi) is 6.44. The molecule has 0 aromatic heterocycles. The molecule has 6 nitrogen and oxygen atoms in total. The summed E-state index contributed by atoms with van der Waals surface area (Å²) in [7, 11) is 1.49. The molecule has 0 spiro atoms. The first-order valence-corrected chi connectivity index (χ1v) is 8.85. The molecule has 0 unspecified atom stereocenters. The molecular weight excluding hydrogens is 348 g/mol. The highest BCUT2D eigenvalue weighted by Crippen LogP contribution is 2.19. The summed E-state index contributed by atoms with van der Waals surface area (Å²) in [6.07, 6.45) is 2.20. The van der Waals surface area contributed by atoms with Crippen LogP contribution < -0.4 is 9.47 Å². The third-order valence-corrected chi connectivity index (χ3v) is 4.29. The van der Waals surface area contributed by atoms with E-state index in [0.29, 0.717) is 29.2 Å². The van der Waals surface area contributed by atoms with Gasteiger partial charge in [-0.15, -0.1) is 0 Å². The molecule has 142 valence electrons. The number of carbonyl (C=O) groups excluding carboxylic acids is 2. The van der Waals surface area contributed by atoms with Gasteiger partial charge in [0, 0.05) is 6.61 Å². The van der Waals surface area contributed by atoms with Gasteiger partial charge in [0.1, 0.15) is 18.1 Å². The molecule has 1 fully saturated rings. The highest BCUT2D eigenvalue weighted by atomic mass is 16.5. The van der Waals surface area contributed by atoms with Crippen molar-refractivity contribution < 1.29 is 28.5 Å². The SMILES string of the molecule is COc1ccccc1C(=O)COC(=O)c1ccc(OC[C@@H]2CCCO2)cc1. The average Bonchev–Trinajstić information content (AvgIpc) is 3.24. The zero-order valence-corrected chi connectivity index (χ0v) is 15.2. The summed E-state index contributed by atoms with van der Waals surface area (Å²) < 4.78 is 21.4. The fourth-order valence-corrected chi connectivity index (χ4v) is 2.82. The number of rotatable bonds is 8. The summed E-state index contributed by atoms with van der Waals surface area (Å²) in [4.78, 5) is 24.4. The number of benzene rings is 2. The van der Waals surface area contributed by atoms with Crippen LogP contribution in [0.1, 0.15) is 33.6 Å². The van der Waals surface area contributed by atoms with E-state index in [0.717, 1.165) is 19.4 Å². The van der Waals surface area contributed by atoms with Crippen molar-refractivity contribution in [2.24, 2.45) is 0 Å². The van der Waals surface area contributed by atoms with Crippen molar-refractivity contribution in [2.45, 2.75) is 18.9 Å². The summed E-state index contributed by atoms with van der Waals surface area (Å²) >= 11 is 0. The van der Waals surface area contributed by atoms with Crippen molar-refractivity contribution >= 4 is 11.8 Å². The van der Waals surface area contributed by atoms with Gasteiger partial charge in [0.2, 0.25) is 5.78 Å². The minimum atomic E-state index is -0.566. The van der Waals surface area contributed by atoms with Gasteiger partial charge in [-0.2, -0.15) is 0 Å². The highest BCUT2D eigenvalue weighted by Gasteiger charge is 2.17. The summed E-state index contributed by atoms with van der Waals surface area (Å²) in [6, 6.07) is 13.4. The molecule has 0 bridgehead atoms. The molecule has 1 saturated heterocycles. The summed E-state index contributed by atoms with van der Waals surface area (Å²) in [5.41, 5.74) is 0.734. The molecule has 27 heavy (non-hydrogen) atoms. The quantitative estimate of drug-likeness (QED) is 0.525. The first-order valence-electron chi connectivity index (χ1n) is 8.85. The van der Waals surface area contributed by atoms with Crippen LogP contribution in [-0.4, -0.2) is 44.8 Å². The van der Waals surface area contributed by atoms with E-state index in [2.05, 4.69) is 0 Å². The summed E-state index contributed by atoms with van der Waals surface area (Å²) in [5.74, 6) is 0.222. The van der Waals surface area contributed by atoms with Gasteiger partial charge >= 0.3 is 5.97 Å². The van der Waals surface area contributed by atoms with Crippen molar-refractivity contribution in [1.29, 1.82) is 0 Å². The van der Waals surface area contributed by atoms with E-state index in [1.165, 1.54) is 7.11 Å². The lowest BCUT2D eigenvalue weighted by molar-refractivity contribution is 0.0473. The Morgan fingerprint density at radius 1 is 1.11 bits per heavy atom. The molecule has 1 atom stereocenters. The van der Waals surface area contributed by atoms with Crippen LogP contribution in [0.4, 0.5) is 0 Å². The van der Waals surface area contributed by atoms with E-state index in [9.17, 15) is 9.59 Å². The van der Waals surface area contributed by atoms with E-state index >= 15 is 0 Å². The Morgan fingerprint density at radius 3 is 2.59 bits per heavy atom. The Labute approximate surface area is 158 Å². The number of hydrogen-bond acceptors (Lipinski definition) is 6. The third-order valence-electron chi connectivity index (χ3n) is 4.29. The Balaban J connectivity index is 1.51. The molecule has 1 aliphatic rings.